The molecular formula is C27H31N5O3. The zero-order chi connectivity index (χ0) is 24.5. The van der Waals surface area contributed by atoms with E-state index in [0.717, 1.165) is 50.3 Å². The molecule has 182 valence electrons. The van der Waals surface area contributed by atoms with Gasteiger partial charge in [0.2, 0.25) is 0 Å². The molecule has 1 amide bonds. The first-order chi connectivity index (χ1) is 16.9. The molecule has 3 aromatic rings. The molecule has 1 aromatic heterocycles. The van der Waals surface area contributed by atoms with Gasteiger partial charge in [0, 0.05) is 48.8 Å². The van der Waals surface area contributed by atoms with E-state index in [0.29, 0.717) is 30.1 Å². The first-order valence-corrected chi connectivity index (χ1v) is 12.4. The molecule has 0 N–H and O–H groups in total. The van der Waals surface area contributed by atoms with Gasteiger partial charge in [-0.2, -0.15) is 5.10 Å². The van der Waals surface area contributed by atoms with Crippen LogP contribution in [0.4, 0.5) is 5.69 Å². The zero-order valence-electron chi connectivity index (χ0n) is 20.3. The molecular weight excluding hydrogens is 442 g/mol. The Bertz CT molecular complexity index is 1250. The van der Waals surface area contributed by atoms with E-state index in [1.165, 1.54) is 17.3 Å². The van der Waals surface area contributed by atoms with E-state index in [4.69, 9.17) is 5.10 Å². The number of nitrogens with zero attached hydrogens (tertiary/aromatic N) is 5. The van der Waals surface area contributed by atoms with E-state index in [-0.39, 0.29) is 11.6 Å². The monoisotopic (exact) mass is 473 g/mol. The molecule has 2 aromatic carbocycles. The summed E-state index contributed by atoms with van der Waals surface area (Å²) in [6.45, 7) is 7.67. The fourth-order valence-electron chi connectivity index (χ4n) is 4.86. The topological polar surface area (TPSA) is 84.5 Å². The number of benzene rings is 2. The molecule has 1 saturated carbocycles. The molecule has 35 heavy (non-hydrogen) atoms. The molecule has 0 atom stereocenters. The van der Waals surface area contributed by atoms with Crippen LogP contribution in [0.25, 0.3) is 5.69 Å². The van der Waals surface area contributed by atoms with Gasteiger partial charge in [-0.05, 0) is 50.4 Å². The van der Waals surface area contributed by atoms with Crippen molar-refractivity contribution >= 4 is 11.6 Å². The zero-order valence-corrected chi connectivity index (χ0v) is 20.3. The Morgan fingerprint density at radius 2 is 1.97 bits per heavy atom. The van der Waals surface area contributed by atoms with Crippen LogP contribution in [0, 0.1) is 23.0 Å². The number of amides is 1. The van der Waals surface area contributed by atoms with Crippen LogP contribution in [0.2, 0.25) is 0 Å². The molecule has 0 bridgehead atoms. The van der Waals surface area contributed by atoms with Crippen molar-refractivity contribution in [2.45, 2.75) is 46.2 Å². The quantitative estimate of drug-likeness (QED) is 0.355. The summed E-state index contributed by atoms with van der Waals surface area (Å²) in [5.41, 5.74) is 5.23. The molecule has 1 aliphatic carbocycles. The van der Waals surface area contributed by atoms with Gasteiger partial charge >= 0.3 is 0 Å². The predicted molar refractivity (Wildman–Crippen MR) is 134 cm³/mol. The lowest BCUT2D eigenvalue weighted by Gasteiger charge is -2.27. The van der Waals surface area contributed by atoms with Gasteiger partial charge in [-0.15, -0.1) is 0 Å². The van der Waals surface area contributed by atoms with Crippen LogP contribution >= 0.6 is 0 Å². The maximum absolute atomic E-state index is 13.6. The van der Waals surface area contributed by atoms with Crippen LogP contribution in [0.15, 0.2) is 48.5 Å². The maximum Gasteiger partial charge on any atom is 0.273 e. The Morgan fingerprint density at radius 3 is 2.66 bits per heavy atom. The summed E-state index contributed by atoms with van der Waals surface area (Å²) >= 11 is 0. The first-order valence-electron chi connectivity index (χ1n) is 12.4. The highest BCUT2D eigenvalue weighted by Crippen LogP contribution is 2.32. The number of para-hydroxylation sites is 1. The Hall–Kier alpha value is -3.52. The normalized spacial score (nSPS) is 15.6. The highest BCUT2D eigenvalue weighted by Gasteiger charge is 2.31. The van der Waals surface area contributed by atoms with Crippen molar-refractivity contribution < 1.29 is 9.72 Å². The molecule has 8 heteroatoms. The average Bonchev–Trinajstić information content (AvgIpc) is 3.63. The van der Waals surface area contributed by atoms with E-state index in [9.17, 15) is 14.9 Å². The van der Waals surface area contributed by atoms with Crippen LogP contribution in [0.1, 0.15) is 52.6 Å². The van der Waals surface area contributed by atoms with Crippen LogP contribution in [-0.4, -0.2) is 50.0 Å². The number of aryl methyl sites for hydroxylation is 1. The lowest BCUT2D eigenvalue weighted by Crippen LogP contribution is -2.34. The predicted octanol–water partition coefficient (Wildman–Crippen LogP) is 4.52. The summed E-state index contributed by atoms with van der Waals surface area (Å²) < 4.78 is 2.04. The number of likely N-dealkylation sites (N-methyl/N-ethyl adjacent to an activating group) is 1. The highest BCUT2D eigenvalue weighted by atomic mass is 16.6. The van der Waals surface area contributed by atoms with Crippen molar-refractivity contribution in [1.82, 2.24) is 19.6 Å². The number of carbonyl (C=O) groups excluding carboxylic acids is 1. The number of fused-ring (bicyclic) bond motifs is 1. The highest BCUT2D eigenvalue weighted by molar-refractivity contribution is 5.95. The third kappa shape index (κ3) is 4.84. The van der Waals surface area contributed by atoms with Crippen molar-refractivity contribution in [3.63, 3.8) is 0 Å². The number of aromatic nitrogens is 2. The van der Waals surface area contributed by atoms with Crippen molar-refractivity contribution in [3.05, 3.63) is 86.7 Å². The molecule has 1 fully saturated rings. The molecule has 8 nitrogen and oxygen atoms in total. The number of hydrogen-bond donors (Lipinski definition) is 0. The van der Waals surface area contributed by atoms with Gasteiger partial charge < -0.3 is 4.90 Å². The second-order valence-electron chi connectivity index (χ2n) is 9.63. The summed E-state index contributed by atoms with van der Waals surface area (Å²) in [5.74, 6) is 0.310. The minimum atomic E-state index is -0.422. The summed E-state index contributed by atoms with van der Waals surface area (Å²) in [7, 11) is 0. The number of carbonyl (C=O) groups is 1. The molecule has 5 rings (SSSR count). The van der Waals surface area contributed by atoms with Gasteiger partial charge in [0.15, 0.2) is 0 Å². The summed E-state index contributed by atoms with van der Waals surface area (Å²) in [6, 6.07) is 14.9. The van der Waals surface area contributed by atoms with Crippen LogP contribution < -0.4 is 0 Å². The smallest absolute Gasteiger partial charge is 0.273 e. The molecule has 0 unspecified atom stereocenters. The first kappa shape index (κ1) is 23.2. The molecule has 1 aliphatic heterocycles. The number of hydrogen-bond acceptors (Lipinski definition) is 5. The van der Waals surface area contributed by atoms with E-state index < -0.39 is 4.92 Å². The fourth-order valence-corrected chi connectivity index (χ4v) is 4.86. The van der Waals surface area contributed by atoms with Crippen molar-refractivity contribution in [2.75, 3.05) is 19.6 Å². The maximum atomic E-state index is 13.6. The van der Waals surface area contributed by atoms with E-state index in [1.807, 2.05) is 27.8 Å². The molecule has 0 saturated heterocycles. The lowest BCUT2D eigenvalue weighted by molar-refractivity contribution is -0.385. The standard InChI is InChI=1S/C27H31N5O3/c1-3-29-14-13-25-23(17-29)24(28-31(25)22-7-5-4-6-8-22)18-30(16-20-10-11-20)27(33)21-12-9-19(2)26(15-21)32(34)35/h4-9,12,15,20H,3,10-11,13-14,16-18H2,1-2H3. The Kier molecular flexibility index (Phi) is 6.38. The van der Waals surface area contributed by atoms with Gasteiger partial charge in [-0.1, -0.05) is 31.2 Å². The van der Waals surface area contributed by atoms with Gasteiger partial charge in [-0.3, -0.25) is 19.8 Å². The van der Waals surface area contributed by atoms with Gasteiger partial charge in [0.05, 0.1) is 28.5 Å². The number of nitro benzene ring substituents is 1. The lowest BCUT2D eigenvalue weighted by atomic mass is 10.0. The fraction of sp³-hybridized carbons (Fsp3) is 0.407. The molecule has 2 heterocycles. The van der Waals surface area contributed by atoms with Gasteiger partial charge in [-0.25, -0.2) is 4.68 Å². The van der Waals surface area contributed by atoms with Crippen molar-refractivity contribution in [2.24, 2.45) is 5.92 Å². The minimum Gasteiger partial charge on any atom is -0.332 e. The Morgan fingerprint density at radius 1 is 1.20 bits per heavy atom. The van der Waals surface area contributed by atoms with E-state index in [1.54, 1.807) is 19.1 Å². The summed E-state index contributed by atoms with van der Waals surface area (Å²) in [4.78, 5) is 28.9. The Labute approximate surface area is 205 Å². The SMILES string of the molecule is CCN1CCc2c(c(CN(CC3CC3)C(=O)c3ccc(C)c([N+](=O)[O-])c3)nn2-c2ccccc2)C1. The second kappa shape index (κ2) is 9.62. The van der Waals surface area contributed by atoms with E-state index in [2.05, 4.69) is 24.0 Å². The summed E-state index contributed by atoms with van der Waals surface area (Å²) in [5, 5.41) is 16.5. The molecule has 0 spiro atoms. The molecule has 2 aliphatic rings. The Balaban J connectivity index is 1.51. The van der Waals surface area contributed by atoms with Crippen molar-refractivity contribution in [3.8, 4) is 5.69 Å². The van der Waals surface area contributed by atoms with Crippen LogP contribution in [-0.2, 0) is 19.5 Å². The third-order valence-electron chi connectivity index (χ3n) is 7.12. The average molecular weight is 474 g/mol. The van der Waals surface area contributed by atoms with Crippen LogP contribution in [0.3, 0.4) is 0 Å². The van der Waals surface area contributed by atoms with Crippen molar-refractivity contribution in [1.29, 1.82) is 0 Å². The summed E-state index contributed by atoms with van der Waals surface area (Å²) in [6.07, 6.45) is 3.13. The van der Waals surface area contributed by atoms with E-state index >= 15 is 0 Å². The number of rotatable bonds is 8. The largest absolute Gasteiger partial charge is 0.332 e. The molecule has 0 radical (unpaired) electrons. The van der Waals surface area contributed by atoms with Gasteiger partial charge in [0.1, 0.15) is 0 Å². The van der Waals surface area contributed by atoms with Crippen LogP contribution in [0.5, 0.6) is 0 Å². The van der Waals surface area contributed by atoms with Gasteiger partial charge in [0.25, 0.3) is 11.6 Å². The number of nitro groups is 1. The second-order valence-corrected chi connectivity index (χ2v) is 9.63. The third-order valence-corrected chi connectivity index (χ3v) is 7.12. The minimum absolute atomic E-state index is 0.0217.